The molecule has 0 saturated carbocycles. The Kier molecular flexibility index (Phi) is 5.30. The molecule has 0 aromatic carbocycles. The van der Waals surface area contributed by atoms with Gasteiger partial charge in [-0.1, -0.05) is 5.21 Å². The van der Waals surface area contributed by atoms with E-state index in [1.807, 2.05) is 27.0 Å². The topological polar surface area (TPSA) is 72.3 Å². The second-order valence-electron chi connectivity index (χ2n) is 5.92. The molecule has 1 fully saturated rings. The van der Waals surface area contributed by atoms with Crippen molar-refractivity contribution in [2.45, 2.75) is 52.4 Å². The summed E-state index contributed by atoms with van der Waals surface area (Å²) < 4.78 is 7.05. The third kappa shape index (κ3) is 4.25. The Bertz CT molecular complexity index is 474. The van der Waals surface area contributed by atoms with Crippen molar-refractivity contribution in [3.63, 3.8) is 0 Å². The Balaban J connectivity index is 1.95. The van der Waals surface area contributed by atoms with Crippen LogP contribution in [0.2, 0.25) is 0 Å². The first-order chi connectivity index (χ1) is 9.97. The highest BCUT2D eigenvalue weighted by molar-refractivity contribution is 5.79. The molecule has 2 rings (SSSR count). The minimum absolute atomic E-state index is 0.0406. The number of carbonyl (C=O) groups is 1. The van der Waals surface area contributed by atoms with E-state index in [0.717, 1.165) is 32.0 Å². The van der Waals surface area contributed by atoms with Crippen LogP contribution in [0.4, 0.5) is 0 Å². The molecule has 7 nitrogen and oxygen atoms in total. The number of rotatable bonds is 5. The second kappa shape index (κ2) is 7.00. The molecule has 1 saturated heterocycles. The van der Waals surface area contributed by atoms with Crippen LogP contribution in [0.3, 0.4) is 0 Å². The van der Waals surface area contributed by atoms with E-state index in [4.69, 9.17) is 4.74 Å². The third-order valence-electron chi connectivity index (χ3n) is 3.64. The molecule has 21 heavy (non-hydrogen) atoms. The average molecular weight is 295 g/mol. The Hall–Kier alpha value is -1.47. The van der Waals surface area contributed by atoms with Crippen LogP contribution in [0.25, 0.3) is 0 Å². The van der Waals surface area contributed by atoms with Gasteiger partial charge in [0.1, 0.15) is 6.04 Å². The zero-order chi connectivity index (χ0) is 15.4. The maximum atomic E-state index is 12.0. The number of nitrogens with zero attached hydrogens (tertiary/aromatic N) is 4. The van der Waals surface area contributed by atoms with Crippen molar-refractivity contribution < 1.29 is 9.53 Å². The first kappa shape index (κ1) is 15.9. The molecular formula is C14H25N5O2. The SMILES string of the molecule is CC(C)NC(=O)C(C)n1cc(CN2CCOC[C@H]2C)nn1. The van der Waals surface area contributed by atoms with Crippen LogP contribution in [-0.2, 0) is 16.1 Å². The predicted molar refractivity (Wildman–Crippen MR) is 78.7 cm³/mol. The summed E-state index contributed by atoms with van der Waals surface area (Å²) in [5.41, 5.74) is 0.882. The lowest BCUT2D eigenvalue weighted by Crippen LogP contribution is -2.43. The van der Waals surface area contributed by atoms with Crippen LogP contribution in [0.15, 0.2) is 6.20 Å². The molecule has 2 heterocycles. The predicted octanol–water partition coefficient (Wildman–Crippen LogP) is 0.584. The van der Waals surface area contributed by atoms with E-state index in [0.29, 0.717) is 6.04 Å². The number of ether oxygens (including phenoxy) is 1. The maximum absolute atomic E-state index is 12.0. The fourth-order valence-corrected chi connectivity index (χ4v) is 2.30. The number of amides is 1. The van der Waals surface area contributed by atoms with Crippen LogP contribution in [0, 0.1) is 0 Å². The summed E-state index contributed by atoms with van der Waals surface area (Å²) in [4.78, 5) is 14.3. The largest absolute Gasteiger partial charge is 0.379 e. The summed E-state index contributed by atoms with van der Waals surface area (Å²) >= 11 is 0. The summed E-state index contributed by atoms with van der Waals surface area (Å²) in [7, 11) is 0. The average Bonchev–Trinajstić information content (AvgIpc) is 2.88. The minimum atomic E-state index is -0.351. The van der Waals surface area contributed by atoms with Gasteiger partial charge in [-0.05, 0) is 27.7 Å². The van der Waals surface area contributed by atoms with Crippen LogP contribution in [-0.4, -0.2) is 57.6 Å². The Morgan fingerprint density at radius 1 is 1.52 bits per heavy atom. The zero-order valence-electron chi connectivity index (χ0n) is 13.2. The van der Waals surface area contributed by atoms with E-state index in [-0.39, 0.29) is 18.0 Å². The van der Waals surface area contributed by atoms with Crippen LogP contribution >= 0.6 is 0 Å². The lowest BCUT2D eigenvalue weighted by molar-refractivity contribution is -0.124. The van der Waals surface area contributed by atoms with Gasteiger partial charge in [0.25, 0.3) is 0 Å². The summed E-state index contributed by atoms with van der Waals surface area (Å²) in [5, 5.41) is 11.1. The fraction of sp³-hybridized carbons (Fsp3) is 0.786. The quantitative estimate of drug-likeness (QED) is 0.860. The third-order valence-corrected chi connectivity index (χ3v) is 3.64. The number of aromatic nitrogens is 3. The van der Waals surface area contributed by atoms with Crippen molar-refractivity contribution in [3.8, 4) is 0 Å². The molecule has 0 aliphatic carbocycles. The van der Waals surface area contributed by atoms with Gasteiger partial charge in [0.15, 0.2) is 0 Å². The molecular weight excluding hydrogens is 270 g/mol. The van der Waals surface area contributed by atoms with Crippen molar-refractivity contribution in [1.82, 2.24) is 25.2 Å². The van der Waals surface area contributed by atoms with Gasteiger partial charge in [-0.15, -0.1) is 5.10 Å². The van der Waals surface area contributed by atoms with Gasteiger partial charge in [-0.25, -0.2) is 4.68 Å². The molecule has 1 aromatic heterocycles. The van der Waals surface area contributed by atoms with Crippen LogP contribution < -0.4 is 5.32 Å². The molecule has 1 aliphatic heterocycles. The molecule has 2 atom stereocenters. The van der Waals surface area contributed by atoms with Crippen molar-refractivity contribution in [2.24, 2.45) is 0 Å². The molecule has 0 radical (unpaired) electrons. The molecule has 1 aromatic rings. The normalized spacial score (nSPS) is 21.5. The Morgan fingerprint density at radius 2 is 2.29 bits per heavy atom. The lowest BCUT2D eigenvalue weighted by Gasteiger charge is -2.32. The molecule has 0 spiro atoms. The van der Waals surface area contributed by atoms with E-state index < -0.39 is 0 Å². The minimum Gasteiger partial charge on any atom is -0.379 e. The zero-order valence-corrected chi connectivity index (χ0v) is 13.2. The molecule has 1 N–H and O–H groups in total. The summed E-state index contributed by atoms with van der Waals surface area (Å²) in [6.07, 6.45) is 1.85. The molecule has 0 bridgehead atoms. The number of morpholine rings is 1. The maximum Gasteiger partial charge on any atom is 0.244 e. The summed E-state index contributed by atoms with van der Waals surface area (Å²) in [6, 6.07) is 0.151. The first-order valence-corrected chi connectivity index (χ1v) is 7.50. The number of nitrogens with one attached hydrogen (secondary N) is 1. The number of carbonyl (C=O) groups excluding carboxylic acids is 1. The second-order valence-corrected chi connectivity index (χ2v) is 5.92. The Labute approximate surface area is 125 Å². The van der Waals surface area contributed by atoms with E-state index >= 15 is 0 Å². The van der Waals surface area contributed by atoms with Crippen LogP contribution in [0.5, 0.6) is 0 Å². The summed E-state index contributed by atoms with van der Waals surface area (Å²) in [5.74, 6) is -0.0406. The van der Waals surface area contributed by atoms with E-state index in [1.165, 1.54) is 0 Å². The highest BCUT2D eigenvalue weighted by atomic mass is 16.5. The van der Waals surface area contributed by atoms with Crippen molar-refractivity contribution in [1.29, 1.82) is 0 Å². The monoisotopic (exact) mass is 295 g/mol. The van der Waals surface area contributed by atoms with Crippen molar-refractivity contribution >= 4 is 5.91 Å². The van der Waals surface area contributed by atoms with Gasteiger partial charge in [-0.2, -0.15) is 0 Å². The first-order valence-electron chi connectivity index (χ1n) is 7.50. The smallest absolute Gasteiger partial charge is 0.244 e. The molecule has 118 valence electrons. The van der Waals surface area contributed by atoms with Gasteiger partial charge in [0.2, 0.25) is 5.91 Å². The molecule has 1 unspecified atom stereocenters. The fourth-order valence-electron chi connectivity index (χ4n) is 2.30. The van der Waals surface area contributed by atoms with E-state index in [2.05, 4.69) is 27.5 Å². The number of hydrogen-bond donors (Lipinski definition) is 1. The standard InChI is InChI=1S/C14H25N5O2/c1-10(2)15-14(20)12(4)19-8-13(16-17-19)7-18-5-6-21-9-11(18)3/h8,10-12H,5-7,9H2,1-4H3,(H,15,20)/t11-,12?/m1/s1. The summed E-state index contributed by atoms with van der Waals surface area (Å²) in [6.45, 7) is 11.0. The Morgan fingerprint density at radius 3 is 2.95 bits per heavy atom. The van der Waals surface area contributed by atoms with Gasteiger partial charge >= 0.3 is 0 Å². The lowest BCUT2D eigenvalue weighted by atomic mass is 10.2. The molecule has 1 aliphatic rings. The van der Waals surface area contributed by atoms with Crippen molar-refractivity contribution in [3.05, 3.63) is 11.9 Å². The van der Waals surface area contributed by atoms with Gasteiger partial charge < -0.3 is 10.1 Å². The van der Waals surface area contributed by atoms with Crippen molar-refractivity contribution in [2.75, 3.05) is 19.8 Å². The number of hydrogen-bond acceptors (Lipinski definition) is 5. The van der Waals surface area contributed by atoms with Crippen LogP contribution in [0.1, 0.15) is 39.4 Å². The van der Waals surface area contributed by atoms with Gasteiger partial charge in [-0.3, -0.25) is 9.69 Å². The highest BCUT2D eigenvalue weighted by Gasteiger charge is 2.21. The van der Waals surface area contributed by atoms with Gasteiger partial charge in [0, 0.05) is 25.2 Å². The van der Waals surface area contributed by atoms with Gasteiger partial charge in [0.05, 0.1) is 25.1 Å². The molecule has 7 heteroatoms. The van der Waals surface area contributed by atoms with E-state index in [1.54, 1.807) is 4.68 Å². The molecule has 1 amide bonds. The van der Waals surface area contributed by atoms with E-state index in [9.17, 15) is 4.79 Å². The highest BCUT2D eigenvalue weighted by Crippen LogP contribution is 2.12.